The van der Waals surface area contributed by atoms with Crippen molar-refractivity contribution in [3.8, 4) is 12.3 Å². The topological polar surface area (TPSA) is 55.4 Å². The fourth-order valence-corrected chi connectivity index (χ4v) is 1.75. The van der Waals surface area contributed by atoms with Crippen molar-refractivity contribution in [2.24, 2.45) is 0 Å². The summed E-state index contributed by atoms with van der Waals surface area (Å²) in [7, 11) is 0. The fourth-order valence-electron chi connectivity index (χ4n) is 1.75. The molecule has 0 aliphatic heterocycles. The second-order valence-corrected chi connectivity index (χ2v) is 5.67. The average molecular weight is 287 g/mol. The molecule has 0 radical (unpaired) electrons. The molecular weight excluding hydrogens is 266 g/mol. The zero-order valence-corrected chi connectivity index (χ0v) is 12.7. The van der Waals surface area contributed by atoms with Gasteiger partial charge in [-0.05, 0) is 27.2 Å². The Bertz CT molecular complexity index is 523. The summed E-state index contributed by atoms with van der Waals surface area (Å²) in [5.41, 5.74) is -0.0770. The Morgan fingerprint density at radius 1 is 1.29 bits per heavy atom. The van der Waals surface area contributed by atoms with Gasteiger partial charge in [-0.15, -0.1) is 12.3 Å². The average Bonchev–Trinajstić information content (AvgIpc) is 2.41. The van der Waals surface area contributed by atoms with Crippen LogP contribution in [-0.4, -0.2) is 23.5 Å². The largest absolute Gasteiger partial charge is 0.444 e. The number of alkyl carbamates (subject to hydrolysis) is 1. The fraction of sp³-hybridized carbons (Fsp3) is 0.412. The van der Waals surface area contributed by atoms with Crippen molar-refractivity contribution in [3.63, 3.8) is 0 Å². The highest BCUT2D eigenvalue weighted by molar-refractivity contribution is 6.01. The van der Waals surface area contributed by atoms with Gasteiger partial charge in [0.15, 0.2) is 5.78 Å². The summed E-state index contributed by atoms with van der Waals surface area (Å²) < 4.78 is 5.18. The van der Waals surface area contributed by atoms with Gasteiger partial charge in [-0.2, -0.15) is 0 Å². The summed E-state index contributed by atoms with van der Waals surface area (Å²) in [6.45, 7) is 5.30. The lowest BCUT2D eigenvalue weighted by molar-refractivity contribution is 0.0489. The number of ether oxygens (including phenoxy) is 1. The number of terminal acetylenes is 1. The van der Waals surface area contributed by atoms with E-state index >= 15 is 0 Å². The summed E-state index contributed by atoms with van der Waals surface area (Å²) in [5.74, 6) is 2.31. The molecule has 0 aliphatic rings. The molecule has 0 aromatic heterocycles. The Balaban J connectivity index is 2.79. The number of rotatable bonds is 5. The third-order valence-electron chi connectivity index (χ3n) is 2.64. The first-order valence-electron chi connectivity index (χ1n) is 6.86. The molecule has 1 unspecified atom stereocenters. The van der Waals surface area contributed by atoms with E-state index in [0.29, 0.717) is 18.4 Å². The van der Waals surface area contributed by atoms with Crippen molar-refractivity contribution < 1.29 is 14.3 Å². The van der Waals surface area contributed by atoms with E-state index < -0.39 is 17.7 Å². The van der Waals surface area contributed by atoms with Crippen LogP contribution >= 0.6 is 0 Å². The van der Waals surface area contributed by atoms with E-state index in [1.807, 2.05) is 6.07 Å². The number of hydrogen-bond acceptors (Lipinski definition) is 3. The number of hydrogen-bond donors (Lipinski definition) is 1. The summed E-state index contributed by atoms with van der Waals surface area (Å²) in [5, 5.41) is 2.60. The van der Waals surface area contributed by atoms with E-state index in [-0.39, 0.29) is 5.78 Å². The third kappa shape index (κ3) is 6.13. The second-order valence-electron chi connectivity index (χ2n) is 5.67. The molecule has 0 spiro atoms. The van der Waals surface area contributed by atoms with Crippen LogP contribution in [0.4, 0.5) is 4.79 Å². The van der Waals surface area contributed by atoms with Crippen LogP contribution in [0.2, 0.25) is 0 Å². The molecule has 21 heavy (non-hydrogen) atoms. The molecule has 1 aromatic carbocycles. The number of nitrogens with one attached hydrogen (secondary N) is 1. The molecule has 0 saturated heterocycles. The first kappa shape index (κ1) is 16.8. The highest BCUT2D eigenvalue weighted by Gasteiger charge is 2.24. The van der Waals surface area contributed by atoms with Crippen molar-refractivity contribution in [2.75, 3.05) is 0 Å². The summed E-state index contributed by atoms with van der Waals surface area (Å²) >= 11 is 0. The molecule has 4 nitrogen and oxygen atoms in total. The Morgan fingerprint density at radius 3 is 2.43 bits per heavy atom. The zero-order chi connectivity index (χ0) is 15.9. The maximum Gasteiger partial charge on any atom is 0.408 e. The van der Waals surface area contributed by atoms with E-state index in [0.717, 1.165) is 0 Å². The Kier molecular flexibility index (Phi) is 5.98. The van der Waals surface area contributed by atoms with Gasteiger partial charge in [0.2, 0.25) is 0 Å². The van der Waals surface area contributed by atoms with E-state index in [2.05, 4.69) is 11.2 Å². The number of carbonyl (C=O) groups is 2. The molecule has 0 heterocycles. The normalized spacial score (nSPS) is 12.1. The van der Waals surface area contributed by atoms with Crippen LogP contribution in [0.25, 0.3) is 0 Å². The van der Waals surface area contributed by atoms with Gasteiger partial charge in [0.25, 0.3) is 0 Å². The minimum Gasteiger partial charge on any atom is -0.444 e. The van der Waals surface area contributed by atoms with Crippen LogP contribution in [0.15, 0.2) is 30.3 Å². The maximum atomic E-state index is 12.4. The predicted octanol–water partition coefficient (Wildman–Crippen LogP) is 3.18. The third-order valence-corrected chi connectivity index (χ3v) is 2.64. The van der Waals surface area contributed by atoms with Crippen molar-refractivity contribution in [3.05, 3.63) is 35.9 Å². The molecule has 0 aliphatic carbocycles. The lowest BCUT2D eigenvalue weighted by Crippen LogP contribution is -2.43. The molecule has 0 fully saturated rings. The number of amides is 1. The van der Waals surface area contributed by atoms with Gasteiger partial charge in [-0.25, -0.2) is 4.79 Å². The molecule has 0 bridgehead atoms. The van der Waals surface area contributed by atoms with E-state index in [1.54, 1.807) is 45.0 Å². The first-order chi connectivity index (χ1) is 9.83. The number of benzene rings is 1. The van der Waals surface area contributed by atoms with Gasteiger partial charge in [-0.3, -0.25) is 4.79 Å². The van der Waals surface area contributed by atoms with Crippen molar-refractivity contribution in [1.29, 1.82) is 0 Å². The Morgan fingerprint density at radius 2 is 1.90 bits per heavy atom. The standard InChI is InChI=1S/C17H21NO3/c1-5-6-12-14(18-16(20)21-17(2,3)4)15(19)13-10-8-7-9-11-13/h1,7-11,14H,6,12H2,2-4H3,(H,18,20). The first-order valence-corrected chi connectivity index (χ1v) is 6.86. The van der Waals surface area contributed by atoms with Crippen LogP contribution in [0.1, 0.15) is 44.0 Å². The van der Waals surface area contributed by atoms with Crippen molar-refractivity contribution in [2.45, 2.75) is 45.3 Å². The summed E-state index contributed by atoms with van der Waals surface area (Å²) in [6.07, 6.45) is 5.41. The van der Waals surface area contributed by atoms with Crippen LogP contribution in [-0.2, 0) is 4.74 Å². The lowest BCUT2D eigenvalue weighted by atomic mass is 10.0. The minimum atomic E-state index is -0.682. The van der Waals surface area contributed by atoms with Crippen molar-refractivity contribution >= 4 is 11.9 Å². The predicted molar refractivity (Wildman–Crippen MR) is 82.0 cm³/mol. The minimum absolute atomic E-state index is 0.170. The van der Waals surface area contributed by atoms with Crippen molar-refractivity contribution in [1.82, 2.24) is 5.32 Å². The van der Waals surface area contributed by atoms with Crippen LogP contribution < -0.4 is 5.32 Å². The summed E-state index contributed by atoms with van der Waals surface area (Å²) in [6, 6.07) is 8.12. The van der Waals surface area contributed by atoms with Gasteiger partial charge in [0.1, 0.15) is 5.60 Å². The summed E-state index contributed by atoms with van der Waals surface area (Å²) in [4.78, 5) is 24.2. The lowest BCUT2D eigenvalue weighted by Gasteiger charge is -2.23. The Hall–Kier alpha value is -2.28. The van der Waals surface area contributed by atoms with Crippen LogP contribution in [0.5, 0.6) is 0 Å². The van der Waals surface area contributed by atoms with Gasteiger partial charge < -0.3 is 10.1 Å². The van der Waals surface area contributed by atoms with E-state index in [4.69, 9.17) is 11.2 Å². The number of carbonyl (C=O) groups excluding carboxylic acids is 2. The monoisotopic (exact) mass is 287 g/mol. The second kappa shape index (κ2) is 7.49. The molecule has 0 saturated carbocycles. The molecule has 1 atom stereocenters. The SMILES string of the molecule is C#CCCC(NC(=O)OC(C)(C)C)C(=O)c1ccccc1. The molecule has 1 N–H and O–H groups in total. The molecule has 112 valence electrons. The Labute approximate surface area is 125 Å². The van der Waals surface area contributed by atoms with Gasteiger partial charge in [0.05, 0.1) is 6.04 Å². The molecule has 4 heteroatoms. The molecule has 1 aromatic rings. The molecule has 1 rings (SSSR count). The molecular formula is C17H21NO3. The highest BCUT2D eigenvalue weighted by Crippen LogP contribution is 2.11. The molecule has 1 amide bonds. The van der Waals surface area contributed by atoms with Gasteiger partial charge in [0, 0.05) is 12.0 Å². The van der Waals surface area contributed by atoms with E-state index in [1.165, 1.54) is 0 Å². The smallest absolute Gasteiger partial charge is 0.408 e. The maximum absolute atomic E-state index is 12.4. The van der Waals surface area contributed by atoms with Crippen LogP contribution in [0, 0.1) is 12.3 Å². The van der Waals surface area contributed by atoms with Crippen LogP contribution in [0.3, 0.4) is 0 Å². The number of ketones is 1. The quantitative estimate of drug-likeness (QED) is 0.668. The van der Waals surface area contributed by atoms with Gasteiger partial charge >= 0.3 is 6.09 Å². The van der Waals surface area contributed by atoms with E-state index in [9.17, 15) is 9.59 Å². The highest BCUT2D eigenvalue weighted by atomic mass is 16.6. The zero-order valence-electron chi connectivity index (χ0n) is 12.7. The van der Waals surface area contributed by atoms with Gasteiger partial charge in [-0.1, -0.05) is 30.3 Å². The number of Topliss-reactive ketones (excluding diaryl/α,β-unsaturated/α-hetero) is 1.